The van der Waals surface area contributed by atoms with E-state index in [0.717, 1.165) is 27.8 Å². The second-order valence-corrected chi connectivity index (χ2v) is 5.86. The van der Waals surface area contributed by atoms with Gasteiger partial charge < -0.3 is 10.5 Å². The quantitative estimate of drug-likeness (QED) is 0.855. The van der Waals surface area contributed by atoms with Gasteiger partial charge in [-0.05, 0) is 43.5 Å². The van der Waals surface area contributed by atoms with E-state index in [4.69, 9.17) is 33.7 Å². The molecule has 0 saturated heterocycles. The number of aryl methyl sites for hydroxylation is 1. The summed E-state index contributed by atoms with van der Waals surface area (Å²) in [5, 5.41) is 0.464. The van der Waals surface area contributed by atoms with Crippen molar-refractivity contribution in [1.82, 2.24) is 0 Å². The number of benzene rings is 1. The van der Waals surface area contributed by atoms with Gasteiger partial charge >= 0.3 is 0 Å². The minimum Gasteiger partial charge on any atom is -0.487 e. The van der Waals surface area contributed by atoms with Crippen LogP contribution in [0.25, 0.3) is 0 Å². The Hall–Kier alpha value is -0.220. The monoisotopic (exact) mass is 351 g/mol. The highest BCUT2D eigenvalue weighted by molar-refractivity contribution is 9.10. The third kappa shape index (κ3) is 4.81. The average molecular weight is 353 g/mol. The smallest absolute Gasteiger partial charge is 0.126 e. The van der Waals surface area contributed by atoms with Crippen LogP contribution in [0.5, 0.6) is 5.75 Å². The summed E-state index contributed by atoms with van der Waals surface area (Å²) in [6.45, 7) is 4.22. The Bertz CT molecular complexity index is 447. The number of rotatable bonds is 5. The first-order valence-electron chi connectivity index (χ1n) is 5.56. The molecule has 2 N–H and O–H groups in total. The summed E-state index contributed by atoms with van der Waals surface area (Å²) in [4.78, 5) is 0. The van der Waals surface area contributed by atoms with Gasteiger partial charge in [-0.25, -0.2) is 0 Å². The summed E-state index contributed by atoms with van der Waals surface area (Å²) in [5.41, 5.74) is 9.26. The molecule has 1 aromatic rings. The zero-order valence-corrected chi connectivity index (χ0v) is 13.4. The van der Waals surface area contributed by atoms with Crippen LogP contribution < -0.4 is 10.5 Å². The van der Waals surface area contributed by atoms with Crippen LogP contribution in [0.15, 0.2) is 27.2 Å². The molecular formula is C13H16BrCl2NO. The first-order chi connectivity index (χ1) is 8.43. The van der Waals surface area contributed by atoms with E-state index in [1.54, 1.807) is 0 Å². The Balaban J connectivity index is 2.99. The maximum Gasteiger partial charge on any atom is 0.126 e. The highest BCUT2D eigenvalue weighted by atomic mass is 79.9. The lowest BCUT2D eigenvalue weighted by Gasteiger charge is -2.16. The van der Waals surface area contributed by atoms with Crippen LogP contribution >= 0.6 is 39.1 Å². The lowest BCUT2D eigenvalue weighted by Crippen LogP contribution is -2.18. The third-order valence-electron chi connectivity index (χ3n) is 2.33. The van der Waals surface area contributed by atoms with E-state index >= 15 is 0 Å². The minimum atomic E-state index is 0.0695. The predicted molar refractivity (Wildman–Crippen MR) is 81.5 cm³/mol. The average Bonchev–Trinajstić information content (AvgIpc) is 2.26. The van der Waals surface area contributed by atoms with E-state index < -0.39 is 0 Å². The molecule has 0 amide bonds. The molecule has 1 atom stereocenters. The fourth-order valence-electron chi connectivity index (χ4n) is 1.68. The SMILES string of the molecule is Cc1cc(Br)cc(CC(C)N)c1OC/C(Cl)=C/Cl. The van der Waals surface area contributed by atoms with Gasteiger partial charge in [0.2, 0.25) is 0 Å². The van der Waals surface area contributed by atoms with Crippen LogP contribution in [0, 0.1) is 6.92 Å². The molecule has 18 heavy (non-hydrogen) atoms. The molecule has 1 unspecified atom stereocenters. The molecule has 0 aliphatic heterocycles. The molecule has 5 heteroatoms. The molecule has 100 valence electrons. The Morgan fingerprint density at radius 1 is 1.56 bits per heavy atom. The van der Waals surface area contributed by atoms with E-state index in [9.17, 15) is 0 Å². The van der Waals surface area contributed by atoms with Crippen LogP contribution in [0.1, 0.15) is 18.1 Å². The molecule has 1 rings (SSSR count). The van der Waals surface area contributed by atoms with E-state index in [0.29, 0.717) is 5.03 Å². The molecule has 0 aromatic heterocycles. The Labute approximate surface area is 126 Å². The first kappa shape index (κ1) is 15.8. The van der Waals surface area contributed by atoms with Crippen LogP contribution in [-0.2, 0) is 6.42 Å². The van der Waals surface area contributed by atoms with Gasteiger partial charge in [0.1, 0.15) is 12.4 Å². The summed E-state index contributed by atoms with van der Waals surface area (Å²) in [6, 6.07) is 4.09. The van der Waals surface area contributed by atoms with E-state index in [1.807, 2.05) is 26.0 Å². The summed E-state index contributed by atoms with van der Waals surface area (Å²) in [7, 11) is 0. The predicted octanol–water partition coefficient (Wildman–Crippen LogP) is 4.35. The maximum atomic E-state index is 5.85. The lowest BCUT2D eigenvalue weighted by molar-refractivity contribution is 0.352. The topological polar surface area (TPSA) is 35.2 Å². The maximum absolute atomic E-state index is 5.85. The highest BCUT2D eigenvalue weighted by Gasteiger charge is 2.11. The van der Waals surface area contributed by atoms with Crippen molar-refractivity contribution in [3.05, 3.63) is 38.3 Å². The fraction of sp³-hybridized carbons (Fsp3) is 0.385. The van der Waals surface area contributed by atoms with Crippen molar-refractivity contribution in [2.45, 2.75) is 26.3 Å². The molecule has 2 nitrogen and oxygen atoms in total. The second-order valence-electron chi connectivity index (χ2n) is 4.24. The van der Waals surface area contributed by atoms with Crippen molar-refractivity contribution in [2.75, 3.05) is 6.61 Å². The zero-order chi connectivity index (χ0) is 13.7. The molecule has 0 spiro atoms. The molecule has 0 radical (unpaired) electrons. The number of halogens is 3. The molecule has 0 saturated carbocycles. The van der Waals surface area contributed by atoms with Crippen LogP contribution in [-0.4, -0.2) is 12.6 Å². The number of hydrogen-bond acceptors (Lipinski definition) is 2. The Kier molecular flexibility index (Phi) is 6.50. The summed E-state index contributed by atoms with van der Waals surface area (Å²) >= 11 is 14.8. The largest absolute Gasteiger partial charge is 0.487 e. The standard InChI is InChI=1S/C13H16BrCl2NO/c1-8-3-11(14)5-10(4-9(2)17)13(8)18-7-12(16)6-15/h3,5-6,9H,4,7,17H2,1-2H3/b12-6-. The van der Waals surface area contributed by atoms with Gasteiger partial charge in [-0.3, -0.25) is 0 Å². The highest BCUT2D eigenvalue weighted by Crippen LogP contribution is 2.29. The van der Waals surface area contributed by atoms with Crippen molar-refractivity contribution >= 4 is 39.1 Å². The molecular weight excluding hydrogens is 337 g/mol. The number of hydrogen-bond donors (Lipinski definition) is 1. The van der Waals surface area contributed by atoms with Gasteiger partial charge in [-0.2, -0.15) is 0 Å². The van der Waals surface area contributed by atoms with Gasteiger partial charge in [0, 0.05) is 16.0 Å². The Morgan fingerprint density at radius 2 is 2.22 bits per heavy atom. The molecule has 1 aromatic carbocycles. The van der Waals surface area contributed by atoms with E-state index in [1.165, 1.54) is 5.54 Å². The molecule has 0 aliphatic carbocycles. The molecule has 0 fully saturated rings. The summed E-state index contributed by atoms with van der Waals surface area (Å²) in [5.74, 6) is 0.826. The lowest BCUT2D eigenvalue weighted by atomic mass is 10.0. The van der Waals surface area contributed by atoms with Crippen molar-refractivity contribution in [1.29, 1.82) is 0 Å². The van der Waals surface area contributed by atoms with E-state index in [-0.39, 0.29) is 12.6 Å². The first-order valence-corrected chi connectivity index (χ1v) is 7.17. The number of nitrogens with two attached hydrogens (primary N) is 1. The van der Waals surface area contributed by atoms with Gasteiger partial charge in [-0.15, -0.1) is 0 Å². The zero-order valence-electron chi connectivity index (χ0n) is 10.3. The summed E-state index contributed by atoms with van der Waals surface area (Å²) < 4.78 is 6.73. The van der Waals surface area contributed by atoms with Gasteiger partial charge in [0.15, 0.2) is 0 Å². The van der Waals surface area contributed by atoms with Crippen molar-refractivity contribution < 1.29 is 4.74 Å². The number of ether oxygens (including phenoxy) is 1. The van der Waals surface area contributed by atoms with Crippen LogP contribution in [0.2, 0.25) is 0 Å². The molecule has 0 heterocycles. The van der Waals surface area contributed by atoms with Gasteiger partial charge in [0.25, 0.3) is 0 Å². The second kappa shape index (κ2) is 7.39. The van der Waals surface area contributed by atoms with E-state index in [2.05, 4.69) is 15.9 Å². The molecule has 0 aliphatic rings. The fourth-order valence-corrected chi connectivity index (χ4v) is 2.41. The van der Waals surface area contributed by atoms with Gasteiger partial charge in [-0.1, -0.05) is 39.1 Å². The van der Waals surface area contributed by atoms with Crippen molar-refractivity contribution in [2.24, 2.45) is 5.73 Å². The van der Waals surface area contributed by atoms with Crippen molar-refractivity contribution in [3.63, 3.8) is 0 Å². The summed E-state index contributed by atoms with van der Waals surface area (Å²) in [6.07, 6.45) is 0.748. The van der Waals surface area contributed by atoms with Gasteiger partial charge in [0.05, 0.1) is 5.03 Å². The Morgan fingerprint density at radius 3 is 2.78 bits per heavy atom. The van der Waals surface area contributed by atoms with Crippen molar-refractivity contribution in [3.8, 4) is 5.75 Å². The van der Waals surface area contributed by atoms with Crippen LogP contribution in [0.3, 0.4) is 0 Å². The normalized spacial score (nSPS) is 13.6. The third-order valence-corrected chi connectivity index (χ3v) is 3.38. The van der Waals surface area contributed by atoms with Crippen LogP contribution in [0.4, 0.5) is 0 Å². The minimum absolute atomic E-state index is 0.0695. The molecule has 0 bridgehead atoms.